The van der Waals surface area contributed by atoms with E-state index in [1.807, 2.05) is 62.4 Å². The van der Waals surface area contributed by atoms with Crippen LogP contribution in [0.2, 0.25) is 0 Å². The standard InChI is InChI=1S/C22H23NO3/c1-15-10-11-19(22(25)16(15)2)20(17-7-4-3-5-8-17)13-21(24)23-14-18-9-6-12-26-18/h3-12,20,25H,13-14H2,1-2H3,(H,23,24)/t20-/m0/s1. The van der Waals surface area contributed by atoms with Gasteiger partial charge in [0, 0.05) is 17.9 Å². The van der Waals surface area contributed by atoms with Crippen LogP contribution in [-0.4, -0.2) is 11.0 Å². The van der Waals surface area contributed by atoms with E-state index in [1.165, 1.54) is 0 Å². The van der Waals surface area contributed by atoms with Gasteiger partial charge in [-0.05, 0) is 42.7 Å². The summed E-state index contributed by atoms with van der Waals surface area (Å²) in [6.45, 7) is 4.21. The zero-order valence-corrected chi connectivity index (χ0v) is 15.0. The molecule has 0 saturated carbocycles. The van der Waals surface area contributed by atoms with E-state index in [-0.39, 0.29) is 24.0 Å². The normalized spacial score (nSPS) is 11.9. The van der Waals surface area contributed by atoms with Crippen LogP contribution in [0.25, 0.3) is 0 Å². The second-order valence-corrected chi connectivity index (χ2v) is 6.47. The molecule has 3 aromatic rings. The molecule has 0 aliphatic carbocycles. The highest BCUT2D eigenvalue weighted by Gasteiger charge is 2.22. The lowest BCUT2D eigenvalue weighted by atomic mass is 9.86. The minimum atomic E-state index is -0.216. The Morgan fingerprint density at radius 1 is 1.08 bits per heavy atom. The maximum atomic E-state index is 12.5. The number of nitrogens with one attached hydrogen (secondary N) is 1. The molecule has 26 heavy (non-hydrogen) atoms. The van der Waals surface area contributed by atoms with E-state index >= 15 is 0 Å². The lowest BCUT2D eigenvalue weighted by Crippen LogP contribution is -2.24. The highest BCUT2D eigenvalue weighted by molar-refractivity contribution is 5.77. The number of phenolic OH excluding ortho intramolecular Hbond substituents is 1. The van der Waals surface area contributed by atoms with Crippen molar-refractivity contribution in [3.63, 3.8) is 0 Å². The largest absolute Gasteiger partial charge is 0.507 e. The predicted octanol–water partition coefficient (Wildman–Crippen LogP) is 4.44. The molecule has 4 nitrogen and oxygen atoms in total. The number of amides is 1. The Balaban J connectivity index is 1.85. The van der Waals surface area contributed by atoms with Crippen LogP contribution in [-0.2, 0) is 11.3 Å². The molecule has 0 radical (unpaired) electrons. The number of aryl methyl sites for hydroxylation is 1. The van der Waals surface area contributed by atoms with Crippen molar-refractivity contribution in [2.75, 3.05) is 0 Å². The molecule has 2 N–H and O–H groups in total. The molecular weight excluding hydrogens is 326 g/mol. The Kier molecular flexibility index (Phi) is 5.42. The first-order valence-corrected chi connectivity index (χ1v) is 8.69. The molecule has 4 heteroatoms. The maximum absolute atomic E-state index is 12.5. The molecule has 134 valence electrons. The van der Waals surface area contributed by atoms with Crippen LogP contribution < -0.4 is 5.32 Å². The van der Waals surface area contributed by atoms with Gasteiger partial charge in [-0.3, -0.25) is 4.79 Å². The fourth-order valence-electron chi connectivity index (χ4n) is 3.05. The predicted molar refractivity (Wildman–Crippen MR) is 101 cm³/mol. The van der Waals surface area contributed by atoms with Crippen LogP contribution >= 0.6 is 0 Å². The summed E-state index contributed by atoms with van der Waals surface area (Å²) >= 11 is 0. The Labute approximate surface area is 153 Å². The summed E-state index contributed by atoms with van der Waals surface area (Å²) in [5.41, 5.74) is 3.64. The van der Waals surface area contributed by atoms with Gasteiger partial charge in [-0.25, -0.2) is 0 Å². The molecule has 1 heterocycles. The summed E-state index contributed by atoms with van der Waals surface area (Å²) in [7, 11) is 0. The fraction of sp³-hybridized carbons (Fsp3) is 0.227. The minimum absolute atomic E-state index is 0.0899. The number of hydrogen-bond acceptors (Lipinski definition) is 3. The molecule has 0 aliphatic rings. The summed E-state index contributed by atoms with van der Waals surface area (Å²) < 4.78 is 5.25. The molecule has 1 aromatic heterocycles. The molecule has 0 unspecified atom stereocenters. The van der Waals surface area contributed by atoms with Gasteiger partial charge in [0.1, 0.15) is 11.5 Å². The third-order valence-corrected chi connectivity index (χ3v) is 4.74. The van der Waals surface area contributed by atoms with Gasteiger partial charge < -0.3 is 14.8 Å². The van der Waals surface area contributed by atoms with Crippen molar-refractivity contribution < 1.29 is 14.3 Å². The van der Waals surface area contributed by atoms with Crippen molar-refractivity contribution in [3.05, 3.63) is 88.9 Å². The smallest absolute Gasteiger partial charge is 0.221 e. The van der Waals surface area contributed by atoms with E-state index in [4.69, 9.17) is 4.42 Å². The molecular formula is C22H23NO3. The van der Waals surface area contributed by atoms with Gasteiger partial charge in [0.05, 0.1) is 12.8 Å². The van der Waals surface area contributed by atoms with E-state index in [9.17, 15) is 9.90 Å². The number of phenols is 1. The molecule has 1 amide bonds. The van der Waals surface area contributed by atoms with Gasteiger partial charge in [-0.1, -0.05) is 42.5 Å². The molecule has 0 aliphatic heterocycles. The number of aromatic hydroxyl groups is 1. The first-order chi connectivity index (χ1) is 12.6. The summed E-state index contributed by atoms with van der Waals surface area (Å²) in [4.78, 5) is 12.5. The average Bonchev–Trinajstić information content (AvgIpc) is 3.17. The monoisotopic (exact) mass is 349 g/mol. The lowest BCUT2D eigenvalue weighted by molar-refractivity contribution is -0.121. The Morgan fingerprint density at radius 3 is 2.54 bits per heavy atom. The fourth-order valence-corrected chi connectivity index (χ4v) is 3.05. The van der Waals surface area contributed by atoms with Crippen molar-refractivity contribution in [2.24, 2.45) is 0 Å². The quantitative estimate of drug-likeness (QED) is 0.691. The summed E-state index contributed by atoms with van der Waals surface area (Å²) in [6.07, 6.45) is 1.84. The van der Waals surface area contributed by atoms with E-state index in [1.54, 1.807) is 12.3 Å². The highest BCUT2D eigenvalue weighted by atomic mass is 16.3. The third kappa shape index (κ3) is 3.97. The molecule has 0 fully saturated rings. The minimum Gasteiger partial charge on any atom is -0.507 e. The van der Waals surface area contributed by atoms with Crippen LogP contribution in [0.1, 0.15) is 40.4 Å². The van der Waals surface area contributed by atoms with Crippen LogP contribution in [0.4, 0.5) is 0 Å². The van der Waals surface area contributed by atoms with Crippen molar-refractivity contribution in [3.8, 4) is 5.75 Å². The van der Waals surface area contributed by atoms with Crippen molar-refractivity contribution >= 4 is 5.91 Å². The van der Waals surface area contributed by atoms with Gasteiger partial charge in [0.15, 0.2) is 0 Å². The van der Waals surface area contributed by atoms with Crippen molar-refractivity contribution in [2.45, 2.75) is 32.7 Å². The molecule has 1 atom stereocenters. The highest BCUT2D eigenvalue weighted by Crippen LogP contribution is 2.36. The van der Waals surface area contributed by atoms with Gasteiger partial charge in [-0.2, -0.15) is 0 Å². The van der Waals surface area contributed by atoms with Gasteiger partial charge in [-0.15, -0.1) is 0 Å². The van der Waals surface area contributed by atoms with Crippen LogP contribution in [0.3, 0.4) is 0 Å². The van der Waals surface area contributed by atoms with Gasteiger partial charge in [0.2, 0.25) is 5.91 Å². The van der Waals surface area contributed by atoms with Crippen molar-refractivity contribution in [1.82, 2.24) is 5.32 Å². The molecule has 0 bridgehead atoms. The molecule has 2 aromatic carbocycles. The lowest BCUT2D eigenvalue weighted by Gasteiger charge is -2.20. The van der Waals surface area contributed by atoms with E-state index in [0.29, 0.717) is 12.3 Å². The number of furan rings is 1. The topological polar surface area (TPSA) is 62.5 Å². The molecule has 3 rings (SSSR count). The summed E-state index contributed by atoms with van der Waals surface area (Å²) in [5, 5.41) is 13.5. The van der Waals surface area contributed by atoms with Gasteiger partial charge >= 0.3 is 0 Å². The third-order valence-electron chi connectivity index (χ3n) is 4.74. The van der Waals surface area contributed by atoms with Crippen LogP contribution in [0.5, 0.6) is 5.75 Å². The average molecular weight is 349 g/mol. The second-order valence-electron chi connectivity index (χ2n) is 6.47. The maximum Gasteiger partial charge on any atom is 0.221 e. The number of carbonyl (C=O) groups excluding carboxylic acids is 1. The number of benzene rings is 2. The van der Waals surface area contributed by atoms with Crippen LogP contribution in [0.15, 0.2) is 65.3 Å². The number of rotatable bonds is 6. The van der Waals surface area contributed by atoms with Crippen molar-refractivity contribution in [1.29, 1.82) is 0 Å². The zero-order chi connectivity index (χ0) is 18.5. The zero-order valence-electron chi connectivity index (χ0n) is 15.0. The first-order valence-electron chi connectivity index (χ1n) is 8.69. The molecule has 0 saturated heterocycles. The SMILES string of the molecule is Cc1ccc([C@@H](CC(=O)NCc2ccco2)c2ccccc2)c(O)c1C. The Bertz CT molecular complexity index is 870. The Morgan fingerprint density at radius 2 is 1.85 bits per heavy atom. The number of carbonyl (C=O) groups is 1. The van der Waals surface area contributed by atoms with Gasteiger partial charge in [0.25, 0.3) is 0 Å². The van der Waals surface area contributed by atoms with Crippen LogP contribution in [0, 0.1) is 13.8 Å². The summed E-state index contributed by atoms with van der Waals surface area (Å²) in [5.74, 6) is 0.668. The van der Waals surface area contributed by atoms with E-state index < -0.39 is 0 Å². The number of hydrogen-bond donors (Lipinski definition) is 2. The van der Waals surface area contributed by atoms with E-state index in [2.05, 4.69) is 5.32 Å². The summed E-state index contributed by atoms with van der Waals surface area (Å²) in [6, 6.07) is 17.3. The Hall–Kier alpha value is -3.01. The first kappa shape index (κ1) is 17.8. The van der Waals surface area contributed by atoms with E-state index in [0.717, 1.165) is 22.3 Å². The molecule has 0 spiro atoms. The second kappa shape index (κ2) is 7.91.